The van der Waals surface area contributed by atoms with Crippen LogP contribution in [0.15, 0.2) is 94.5 Å². The van der Waals surface area contributed by atoms with Gasteiger partial charge in [-0.25, -0.2) is 4.98 Å². The Morgan fingerprint density at radius 2 is 1.76 bits per heavy atom. The van der Waals surface area contributed by atoms with E-state index in [2.05, 4.69) is 26.0 Å². The molecule has 34 heavy (non-hydrogen) atoms. The molecule has 4 aromatic carbocycles. The zero-order chi connectivity index (χ0) is 23.7. The first-order valence-electron chi connectivity index (χ1n) is 10.2. The summed E-state index contributed by atoms with van der Waals surface area (Å²) < 4.78 is 1.82. The van der Waals surface area contributed by atoms with Crippen LogP contribution in [0.4, 0.5) is 10.8 Å². The van der Waals surface area contributed by atoms with Crippen molar-refractivity contribution in [2.75, 3.05) is 5.01 Å². The van der Waals surface area contributed by atoms with Crippen LogP contribution in [0.2, 0.25) is 0 Å². The number of aromatic nitrogens is 1. The second kappa shape index (κ2) is 9.12. The Balaban J connectivity index is 1.56. The molecule has 0 saturated heterocycles. The van der Waals surface area contributed by atoms with Gasteiger partial charge in [-0.2, -0.15) is 10.1 Å². The molecular formula is C25H15BrN4O3S. The van der Waals surface area contributed by atoms with E-state index < -0.39 is 4.92 Å². The summed E-state index contributed by atoms with van der Waals surface area (Å²) in [7, 11) is 0. The second-order valence-electron chi connectivity index (χ2n) is 7.38. The lowest BCUT2D eigenvalue weighted by molar-refractivity contribution is -0.384. The number of nitro groups is 1. The highest BCUT2D eigenvalue weighted by molar-refractivity contribution is 9.10. The van der Waals surface area contributed by atoms with Crippen LogP contribution in [-0.4, -0.2) is 22.0 Å². The molecule has 0 aliphatic heterocycles. The Labute approximate surface area is 206 Å². The number of carbonyl (C=O) groups excluding carboxylic acids is 1. The van der Waals surface area contributed by atoms with Crippen molar-refractivity contribution in [3.8, 4) is 0 Å². The predicted molar refractivity (Wildman–Crippen MR) is 139 cm³/mol. The number of benzene rings is 4. The van der Waals surface area contributed by atoms with Crippen LogP contribution < -0.4 is 5.01 Å². The van der Waals surface area contributed by atoms with Crippen LogP contribution in [0.25, 0.3) is 21.0 Å². The fourth-order valence-corrected chi connectivity index (χ4v) is 4.89. The monoisotopic (exact) mass is 530 g/mol. The van der Waals surface area contributed by atoms with Gasteiger partial charge in [-0.1, -0.05) is 57.6 Å². The maximum absolute atomic E-state index is 13.6. The molecule has 9 heteroatoms. The van der Waals surface area contributed by atoms with E-state index in [1.54, 1.807) is 18.2 Å². The van der Waals surface area contributed by atoms with Crippen LogP contribution in [0.5, 0.6) is 0 Å². The molecule has 0 bridgehead atoms. The number of hydrazone groups is 1. The highest BCUT2D eigenvalue weighted by Crippen LogP contribution is 2.32. The number of nitro benzene ring substituents is 1. The Morgan fingerprint density at radius 3 is 2.53 bits per heavy atom. The van der Waals surface area contributed by atoms with Gasteiger partial charge in [0.1, 0.15) is 0 Å². The van der Waals surface area contributed by atoms with Crippen LogP contribution in [0, 0.1) is 10.1 Å². The summed E-state index contributed by atoms with van der Waals surface area (Å²) in [6.07, 6.45) is 1.49. The van der Waals surface area contributed by atoms with Crippen molar-refractivity contribution in [2.24, 2.45) is 5.10 Å². The molecule has 0 atom stereocenters. The van der Waals surface area contributed by atoms with E-state index in [9.17, 15) is 14.9 Å². The molecule has 0 saturated carbocycles. The van der Waals surface area contributed by atoms with Gasteiger partial charge in [0, 0.05) is 22.2 Å². The largest absolute Gasteiger partial charge is 0.280 e. The number of rotatable bonds is 5. The number of anilines is 1. The van der Waals surface area contributed by atoms with Crippen LogP contribution in [0.1, 0.15) is 15.9 Å². The molecule has 0 fully saturated rings. The van der Waals surface area contributed by atoms with Gasteiger partial charge in [-0.15, -0.1) is 0 Å². The minimum Gasteiger partial charge on any atom is -0.267 e. The van der Waals surface area contributed by atoms with E-state index in [4.69, 9.17) is 0 Å². The lowest BCUT2D eigenvalue weighted by Gasteiger charge is -2.14. The molecule has 0 radical (unpaired) electrons. The Hall–Kier alpha value is -3.95. The zero-order valence-corrected chi connectivity index (χ0v) is 19.9. The molecule has 0 aliphatic carbocycles. The molecule has 1 aromatic heterocycles. The smallest absolute Gasteiger partial charge is 0.267 e. The van der Waals surface area contributed by atoms with E-state index in [0.29, 0.717) is 16.3 Å². The lowest BCUT2D eigenvalue weighted by Crippen LogP contribution is -2.25. The minimum absolute atomic E-state index is 0.0157. The Bertz CT molecular complexity index is 1580. The molecule has 5 rings (SSSR count). The molecule has 166 valence electrons. The number of thiazole rings is 1. The maximum Gasteiger partial charge on any atom is 0.280 e. The van der Waals surface area contributed by atoms with Crippen molar-refractivity contribution in [1.29, 1.82) is 0 Å². The topological polar surface area (TPSA) is 88.7 Å². The molecule has 7 nitrogen and oxygen atoms in total. The van der Waals surface area contributed by atoms with Crippen LogP contribution in [0.3, 0.4) is 0 Å². The normalized spacial score (nSPS) is 11.3. The van der Waals surface area contributed by atoms with Gasteiger partial charge >= 0.3 is 0 Å². The summed E-state index contributed by atoms with van der Waals surface area (Å²) in [5.74, 6) is -0.331. The summed E-state index contributed by atoms with van der Waals surface area (Å²) >= 11 is 4.81. The summed E-state index contributed by atoms with van der Waals surface area (Å²) in [4.78, 5) is 28.6. The molecular weight excluding hydrogens is 516 g/mol. The number of hydrogen-bond acceptors (Lipinski definition) is 6. The van der Waals surface area contributed by atoms with E-state index >= 15 is 0 Å². The maximum atomic E-state index is 13.6. The van der Waals surface area contributed by atoms with Gasteiger partial charge in [-0.05, 0) is 58.8 Å². The van der Waals surface area contributed by atoms with Gasteiger partial charge in [0.15, 0.2) is 0 Å². The lowest BCUT2D eigenvalue weighted by atomic mass is 10.1. The number of fused-ring (bicyclic) bond motifs is 2. The van der Waals surface area contributed by atoms with E-state index in [1.807, 2.05) is 54.6 Å². The number of non-ortho nitro benzene ring substituents is 1. The standard InChI is InChI=1S/C25H15BrN4O3S/c26-20-9-12-22-23(14-20)34-25(28-22)29(27-15-16-5-10-21(11-6-16)30(32)33)24(31)19-8-7-17-3-1-2-4-18(17)13-19/h1-15H/b27-15+. The molecule has 0 aliphatic rings. The Kier molecular flexibility index (Phi) is 5.87. The van der Waals surface area contributed by atoms with Gasteiger partial charge in [0.2, 0.25) is 5.13 Å². The van der Waals surface area contributed by atoms with Crippen molar-refractivity contribution >= 4 is 71.2 Å². The van der Waals surface area contributed by atoms with Crippen molar-refractivity contribution in [2.45, 2.75) is 0 Å². The first-order chi connectivity index (χ1) is 16.5. The van der Waals surface area contributed by atoms with Gasteiger partial charge in [0.25, 0.3) is 11.6 Å². The third kappa shape index (κ3) is 4.43. The van der Waals surface area contributed by atoms with Crippen LogP contribution in [-0.2, 0) is 0 Å². The second-order valence-corrected chi connectivity index (χ2v) is 9.31. The summed E-state index contributed by atoms with van der Waals surface area (Å²) in [5, 5.41) is 19.0. The number of halogens is 1. The van der Waals surface area contributed by atoms with Gasteiger partial charge in [-0.3, -0.25) is 14.9 Å². The third-order valence-electron chi connectivity index (χ3n) is 5.14. The molecule has 1 heterocycles. The molecule has 1 amide bonds. The van der Waals surface area contributed by atoms with E-state index in [1.165, 1.54) is 34.7 Å². The fourth-order valence-electron chi connectivity index (χ4n) is 3.42. The summed E-state index contributed by atoms with van der Waals surface area (Å²) in [6, 6.07) is 25.0. The highest BCUT2D eigenvalue weighted by atomic mass is 79.9. The summed E-state index contributed by atoms with van der Waals surface area (Å²) in [6.45, 7) is 0. The SMILES string of the molecule is O=C(c1ccc2ccccc2c1)N(/N=C/c1ccc([N+](=O)[O-])cc1)c1nc2ccc(Br)cc2s1. The van der Waals surface area contributed by atoms with Crippen LogP contribution >= 0.6 is 27.3 Å². The first-order valence-corrected chi connectivity index (χ1v) is 11.8. The number of amides is 1. The third-order valence-corrected chi connectivity index (χ3v) is 6.62. The first kappa shape index (κ1) is 21.9. The molecule has 5 aromatic rings. The van der Waals surface area contributed by atoms with E-state index in [-0.39, 0.29) is 11.6 Å². The van der Waals surface area contributed by atoms with Gasteiger partial charge < -0.3 is 0 Å². The molecule has 0 unspecified atom stereocenters. The van der Waals surface area contributed by atoms with Crippen molar-refractivity contribution in [3.63, 3.8) is 0 Å². The average Bonchev–Trinajstić information content (AvgIpc) is 3.26. The Morgan fingerprint density at radius 1 is 1.00 bits per heavy atom. The van der Waals surface area contributed by atoms with Crippen molar-refractivity contribution in [3.05, 3.63) is 111 Å². The summed E-state index contributed by atoms with van der Waals surface area (Å²) in [5.41, 5.74) is 1.83. The number of nitrogens with zero attached hydrogens (tertiary/aromatic N) is 4. The quantitative estimate of drug-likeness (QED) is 0.142. The average molecular weight is 531 g/mol. The highest BCUT2D eigenvalue weighted by Gasteiger charge is 2.21. The predicted octanol–water partition coefficient (Wildman–Crippen LogP) is 6.80. The fraction of sp³-hybridized carbons (Fsp3) is 0. The number of hydrogen-bond donors (Lipinski definition) is 0. The van der Waals surface area contributed by atoms with Crippen molar-refractivity contribution in [1.82, 2.24) is 4.98 Å². The molecule has 0 N–H and O–H groups in total. The molecule has 0 spiro atoms. The van der Waals surface area contributed by atoms with E-state index in [0.717, 1.165) is 25.5 Å². The number of carbonyl (C=O) groups is 1. The van der Waals surface area contributed by atoms with Gasteiger partial charge in [0.05, 0.1) is 21.4 Å². The van der Waals surface area contributed by atoms with Crippen molar-refractivity contribution < 1.29 is 9.72 Å². The minimum atomic E-state index is -0.463. The zero-order valence-electron chi connectivity index (χ0n) is 17.5.